The first-order chi connectivity index (χ1) is 12.6. The number of nitrogens with zero attached hydrogens (tertiary/aromatic N) is 4. The third kappa shape index (κ3) is 3.42. The van der Waals surface area contributed by atoms with Crippen molar-refractivity contribution in [2.24, 2.45) is 11.1 Å². The highest BCUT2D eigenvalue weighted by molar-refractivity contribution is 8.44. The van der Waals surface area contributed by atoms with Crippen molar-refractivity contribution in [2.45, 2.75) is 43.4 Å². The molecule has 1 spiro atoms. The van der Waals surface area contributed by atoms with Crippen LogP contribution in [0.4, 0.5) is 5.95 Å². The maximum atomic E-state index is 7.96. The Balaban J connectivity index is 1.54. The van der Waals surface area contributed by atoms with Crippen LogP contribution >= 0.6 is 23.5 Å². The molecule has 138 valence electrons. The molecule has 0 aromatic carbocycles. The molecule has 0 radical (unpaired) electrons. The van der Waals surface area contributed by atoms with E-state index in [2.05, 4.69) is 14.9 Å². The first-order valence-corrected chi connectivity index (χ1v) is 10.5. The van der Waals surface area contributed by atoms with Crippen molar-refractivity contribution in [3.63, 3.8) is 0 Å². The SMILES string of the molecule is N=C(N)SC(=N)Sc1cnc(N2CCC3(CCCC3)CC2)n2ccnc12. The molecule has 0 bridgehead atoms. The van der Waals surface area contributed by atoms with Gasteiger partial charge in [-0.1, -0.05) is 24.6 Å². The van der Waals surface area contributed by atoms with E-state index in [0.29, 0.717) is 5.41 Å². The van der Waals surface area contributed by atoms with Gasteiger partial charge in [-0.2, -0.15) is 0 Å². The number of amidine groups is 1. The second kappa shape index (κ2) is 7.11. The molecule has 7 nitrogen and oxygen atoms in total. The van der Waals surface area contributed by atoms with Crippen molar-refractivity contribution in [3.8, 4) is 0 Å². The maximum Gasteiger partial charge on any atom is 0.211 e. The summed E-state index contributed by atoms with van der Waals surface area (Å²) in [6, 6.07) is 0. The summed E-state index contributed by atoms with van der Waals surface area (Å²) >= 11 is 2.17. The van der Waals surface area contributed by atoms with E-state index in [4.69, 9.17) is 16.6 Å². The minimum absolute atomic E-state index is 0.0828. The fourth-order valence-corrected chi connectivity index (χ4v) is 5.67. The fourth-order valence-electron chi connectivity index (χ4n) is 4.22. The summed E-state index contributed by atoms with van der Waals surface area (Å²) in [5.74, 6) is 0.931. The van der Waals surface area contributed by atoms with Crippen LogP contribution in [-0.4, -0.2) is 37.0 Å². The molecular weight excluding hydrogens is 366 g/mol. The molecule has 1 aliphatic heterocycles. The molecule has 3 heterocycles. The lowest BCUT2D eigenvalue weighted by atomic mass is 9.77. The molecule has 2 aromatic heterocycles. The number of anilines is 1. The largest absolute Gasteiger partial charge is 0.378 e. The minimum atomic E-state index is -0.0828. The predicted molar refractivity (Wildman–Crippen MR) is 108 cm³/mol. The first-order valence-electron chi connectivity index (χ1n) is 8.92. The molecule has 1 saturated heterocycles. The zero-order valence-electron chi connectivity index (χ0n) is 14.6. The molecule has 2 aromatic rings. The van der Waals surface area contributed by atoms with Gasteiger partial charge in [-0.25, -0.2) is 9.97 Å². The van der Waals surface area contributed by atoms with Crippen molar-refractivity contribution in [2.75, 3.05) is 18.0 Å². The smallest absolute Gasteiger partial charge is 0.211 e. The number of imidazole rings is 1. The molecule has 0 atom stereocenters. The Morgan fingerprint density at radius 1 is 1.12 bits per heavy atom. The number of nitrogens with two attached hydrogens (primary N) is 1. The topological polar surface area (TPSA) is 107 Å². The zero-order valence-corrected chi connectivity index (χ0v) is 16.2. The Bertz CT molecular complexity index is 831. The Kier molecular flexibility index (Phi) is 4.83. The van der Waals surface area contributed by atoms with Gasteiger partial charge in [0.1, 0.15) is 4.38 Å². The lowest BCUT2D eigenvalue weighted by Gasteiger charge is -2.39. The molecule has 0 amide bonds. The highest BCUT2D eigenvalue weighted by atomic mass is 32.2. The lowest BCUT2D eigenvalue weighted by molar-refractivity contribution is 0.225. The summed E-state index contributed by atoms with van der Waals surface area (Å²) in [5, 5.41) is 15.2. The van der Waals surface area contributed by atoms with E-state index >= 15 is 0 Å². The van der Waals surface area contributed by atoms with E-state index in [1.807, 2.05) is 10.6 Å². The first kappa shape index (κ1) is 17.7. The number of nitrogens with one attached hydrogen (secondary N) is 2. The zero-order chi connectivity index (χ0) is 18.1. The molecule has 9 heteroatoms. The monoisotopic (exact) mass is 389 g/mol. The second-order valence-corrected chi connectivity index (χ2v) is 9.46. The normalized spacial score (nSPS) is 19.3. The van der Waals surface area contributed by atoms with Gasteiger partial charge in [0.2, 0.25) is 5.95 Å². The average molecular weight is 390 g/mol. The summed E-state index contributed by atoms with van der Waals surface area (Å²) in [6.07, 6.45) is 13.6. The molecule has 26 heavy (non-hydrogen) atoms. The van der Waals surface area contributed by atoms with Gasteiger partial charge in [0.05, 0.1) is 4.90 Å². The number of hydrogen-bond donors (Lipinski definition) is 3. The Labute approximate surface area is 161 Å². The number of hydrogen-bond acceptors (Lipinski definition) is 7. The minimum Gasteiger partial charge on any atom is -0.378 e. The Morgan fingerprint density at radius 2 is 1.85 bits per heavy atom. The van der Waals surface area contributed by atoms with Crippen molar-refractivity contribution in [1.82, 2.24) is 14.4 Å². The van der Waals surface area contributed by atoms with Gasteiger partial charge in [0.15, 0.2) is 10.8 Å². The highest BCUT2D eigenvalue weighted by Gasteiger charge is 2.37. The molecule has 2 aliphatic rings. The summed E-state index contributed by atoms with van der Waals surface area (Å²) < 4.78 is 2.26. The third-order valence-corrected chi connectivity index (χ3v) is 7.15. The van der Waals surface area contributed by atoms with E-state index in [1.54, 1.807) is 12.4 Å². The second-order valence-electron chi connectivity index (χ2n) is 7.09. The van der Waals surface area contributed by atoms with Crippen LogP contribution in [0, 0.1) is 16.2 Å². The summed E-state index contributed by atoms with van der Waals surface area (Å²) in [7, 11) is 0. The van der Waals surface area contributed by atoms with Gasteiger partial charge in [0.25, 0.3) is 0 Å². The van der Waals surface area contributed by atoms with Gasteiger partial charge in [-0.15, -0.1) is 0 Å². The van der Waals surface area contributed by atoms with Crippen LogP contribution in [0.5, 0.6) is 0 Å². The van der Waals surface area contributed by atoms with Crippen molar-refractivity contribution in [1.29, 1.82) is 10.8 Å². The van der Waals surface area contributed by atoms with E-state index in [0.717, 1.165) is 41.3 Å². The van der Waals surface area contributed by atoms with Crippen molar-refractivity contribution in [3.05, 3.63) is 18.6 Å². The van der Waals surface area contributed by atoms with Gasteiger partial charge in [0, 0.05) is 31.7 Å². The molecule has 0 unspecified atom stereocenters. The Hall–Kier alpha value is -1.74. The fraction of sp³-hybridized carbons (Fsp3) is 0.529. The number of thioether (sulfide) groups is 2. The quantitative estimate of drug-likeness (QED) is 0.412. The number of piperidine rings is 1. The summed E-state index contributed by atoms with van der Waals surface area (Å²) in [6.45, 7) is 2.09. The standard InChI is InChI=1S/C17H23N7S2/c18-14(19)26-15(20)25-12-11-22-16(24-10-7-21-13(12)24)23-8-5-17(6-9-23)3-1-2-4-17/h7,10-11,20H,1-6,8-9H2,(H3,18,19). The predicted octanol–water partition coefficient (Wildman–Crippen LogP) is 3.54. The Morgan fingerprint density at radius 3 is 2.54 bits per heavy atom. The van der Waals surface area contributed by atoms with Crippen molar-refractivity contribution >= 4 is 44.7 Å². The number of aromatic nitrogens is 3. The number of fused-ring (bicyclic) bond motifs is 1. The van der Waals surface area contributed by atoms with Gasteiger partial charge in [-0.3, -0.25) is 15.2 Å². The van der Waals surface area contributed by atoms with Crippen LogP contribution < -0.4 is 10.6 Å². The van der Waals surface area contributed by atoms with Gasteiger partial charge in [-0.05, 0) is 42.9 Å². The van der Waals surface area contributed by atoms with Crippen LogP contribution in [0.2, 0.25) is 0 Å². The van der Waals surface area contributed by atoms with Crippen LogP contribution in [0.3, 0.4) is 0 Å². The maximum absolute atomic E-state index is 7.96. The lowest BCUT2D eigenvalue weighted by Crippen LogP contribution is -2.40. The molecule has 4 N–H and O–H groups in total. The van der Waals surface area contributed by atoms with Crippen LogP contribution in [0.1, 0.15) is 38.5 Å². The summed E-state index contributed by atoms with van der Waals surface area (Å²) in [5.41, 5.74) is 6.74. The van der Waals surface area contributed by atoms with E-state index in [1.165, 1.54) is 50.3 Å². The molecule has 1 aliphatic carbocycles. The summed E-state index contributed by atoms with van der Waals surface area (Å²) in [4.78, 5) is 12.3. The highest BCUT2D eigenvalue weighted by Crippen LogP contribution is 2.46. The van der Waals surface area contributed by atoms with E-state index < -0.39 is 0 Å². The molecule has 1 saturated carbocycles. The molecular formula is C17H23N7S2. The molecule has 4 rings (SSSR count). The third-order valence-electron chi connectivity index (χ3n) is 5.55. The number of rotatable bonds is 2. The van der Waals surface area contributed by atoms with E-state index in [9.17, 15) is 0 Å². The average Bonchev–Trinajstić information content (AvgIpc) is 3.26. The van der Waals surface area contributed by atoms with Gasteiger partial charge >= 0.3 is 0 Å². The van der Waals surface area contributed by atoms with Crippen LogP contribution in [0.25, 0.3) is 5.65 Å². The van der Waals surface area contributed by atoms with Crippen LogP contribution in [0.15, 0.2) is 23.5 Å². The molecule has 2 fully saturated rings. The van der Waals surface area contributed by atoms with Crippen molar-refractivity contribution < 1.29 is 0 Å². The van der Waals surface area contributed by atoms with Gasteiger partial charge < -0.3 is 10.6 Å². The van der Waals surface area contributed by atoms with Crippen LogP contribution in [-0.2, 0) is 0 Å². The van der Waals surface area contributed by atoms with E-state index in [-0.39, 0.29) is 9.54 Å².